The average Bonchev–Trinajstić information content (AvgIpc) is 2.25. The Kier molecular flexibility index (Phi) is 26.6. The first-order valence-corrected chi connectivity index (χ1v) is 6.99. The largest absolute Gasteiger partial charge is 0.481 e. The molecule has 0 unspecified atom stereocenters. The minimum absolute atomic E-state index is 0. The maximum absolute atomic E-state index is 10.3. The molecule has 0 aliphatic heterocycles. The average molecular weight is 285 g/mol. The van der Waals surface area contributed by atoms with E-state index in [4.69, 9.17) is 5.11 Å². The van der Waals surface area contributed by atoms with Crippen molar-refractivity contribution in [2.75, 3.05) is 0 Å². The van der Waals surface area contributed by atoms with E-state index in [1.165, 1.54) is 57.8 Å². The molecule has 0 aromatic carbocycles. The Morgan fingerprint density at radius 1 is 0.778 bits per heavy atom. The summed E-state index contributed by atoms with van der Waals surface area (Å²) in [7, 11) is 0. The number of hydrogen-bond donors (Lipinski definition) is 1. The molecule has 0 aliphatic carbocycles. The van der Waals surface area contributed by atoms with Crippen molar-refractivity contribution in [2.24, 2.45) is 0 Å². The number of hydrogen-bond acceptors (Lipinski definition) is 1. The normalized spacial score (nSPS) is 9.39. The van der Waals surface area contributed by atoms with E-state index in [1.54, 1.807) is 0 Å². The Hall–Kier alpha value is 0.769. The van der Waals surface area contributed by atoms with Crippen molar-refractivity contribution < 1.29 is 9.90 Å². The zero-order valence-corrected chi connectivity index (χ0v) is 10.8. The van der Waals surface area contributed by atoms with Gasteiger partial charge in [-0.2, -0.15) is 0 Å². The summed E-state index contributed by atoms with van der Waals surface area (Å²) in [5, 5.41) is 8.46. The number of carbonyl (C=O) groups is 1. The second-order valence-corrected chi connectivity index (χ2v) is 4.68. The van der Waals surface area contributed by atoms with Gasteiger partial charge in [0.05, 0.1) is 0 Å². The standard InChI is InChI=1S/C14H28O2.Al.Mg.5H/c1-2-3-4-5-6-7-8-9-10-11-12-13-14(15)16;;;;;;;/h2-13H2,1H3,(H,15,16);;;;;;;. The van der Waals surface area contributed by atoms with Crippen LogP contribution in [0, 0.1) is 0 Å². The molecular weight excluding hydrogens is 251 g/mol. The third kappa shape index (κ3) is 22.0. The molecule has 0 aromatic rings. The van der Waals surface area contributed by atoms with Crippen LogP contribution in [0.1, 0.15) is 84.0 Å². The number of aliphatic carboxylic acids is 1. The third-order valence-electron chi connectivity index (χ3n) is 2.99. The first kappa shape index (κ1) is 23.8. The van der Waals surface area contributed by atoms with Gasteiger partial charge in [-0.3, -0.25) is 4.79 Å². The number of unbranched alkanes of at least 4 members (excludes halogenated alkanes) is 10. The molecule has 1 N–H and O–H groups in total. The van der Waals surface area contributed by atoms with Crippen LogP contribution >= 0.6 is 0 Å². The summed E-state index contributed by atoms with van der Waals surface area (Å²) in [6, 6.07) is 0. The van der Waals surface area contributed by atoms with E-state index < -0.39 is 5.97 Å². The molecule has 0 bridgehead atoms. The Bertz CT molecular complexity index is 166. The van der Waals surface area contributed by atoms with Crippen molar-refractivity contribution in [3.63, 3.8) is 0 Å². The summed E-state index contributed by atoms with van der Waals surface area (Å²) in [5.74, 6) is -0.657. The quantitative estimate of drug-likeness (QED) is 0.442. The molecule has 4 heteroatoms. The summed E-state index contributed by atoms with van der Waals surface area (Å²) < 4.78 is 0. The molecule has 0 saturated heterocycles. The van der Waals surface area contributed by atoms with Gasteiger partial charge in [-0.15, -0.1) is 0 Å². The maximum Gasteiger partial charge on any atom is 0.316 e. The smallest absolute Gasteiger partial charge is 0.316 e. The zero-order chi connectivity index (χ0) is 12.1. The summed E-state index contributed by atoms with van der Waals surface area (Å²) in [6.07, 6.45) is 14.4. The van der Waals surface area contributed by atoms with Gasteiger partial charge in [-0.25, -0.2) is 0 Å². The molecule has 0 amide bonds. The molecule has 0 aliphatic rings. The molecule has 0 saturated carbocycles. The van der Waals surface area contributed by atoms with Gasteiger partial charge in [0.25, 0.3) is 0 Å². The van der Waals surface area contributed by atoms with Crippen LogP contribution in [0.2, 0.25) is 0 Å². The summed E-state index contributed by atoms with van der Waals surface area (Å²) in [5.41, 5.74) is 0. The van der Waals surface area contributed by atoms with Crippen molar-refractivity contribution >= 4 is 46.4 Å². The Labute approximate surface area is 140 Å². The van der Waals surface area contributed by atoms with E-state index in [1.807, 2.05) is 0 Å². The summed E-state index contributed by atoms with van der Waals surface area (Å²) in [6.45, 7) is 2.25. The van der Waals surface area contributed by atoms with Crippen LogP contribution in [0.4, 0.5) is 0 Å². The van der Waals surface area contributed by atoms with Crippen molar-refractivity contribution in [2.45, 2.75) is 84.0 Å². The lowest BCUT2D eigenvalue weighted by Gasteiger charge is -2.01. The van der Waals surface area contributed by atoms with Gasteiger partial charge in [-0.05, 0) is 6.42 Å². The lowest BCUT2D eigenvalue weighted by molar-refractivity contribution is -0.137. The SMILES string of the molecule is CCCCCCCCCCCCCC(=O)O.[AlH3].[MgH2]. The Morgan fingerprint density at radius 3 is 1.44 bits per heavy atom. The van der Waals surface area contributed by atoms with Gasteiger partial charge in [0.1, 0.15) is 0 Å². The monoisotopic (exact) mass is 284 g/mol. The van der Waals surface area contributed by atoms with Crippen molar-refractivity contribution in [3.05, 3.63) is 0 Å². The van der Waals surface area contributed by atoms with E-state index >= 15 is 0 Å². The number of carboxylic acids is 1. The zero-order valence-electron chi connectivity index (χ0n) is 10.8. The van der Waals surface area contributed by atoms with Crippen LogP contribution < -0.4 is 0 Å². The fourth-order valence-corrected chi connectivity index (χ4v) is 1.94. The van der Waals surface area contributed by atoms with Crippen LogP contribution in [0.3, 0.4) is 0 Å². The van der Waals surface area contributed by atoms with Crippen molar-refractivity contribution in [1.82, 2.24) is 0 Å². The number of carboxylic acid groups (broad SMARTS) is 1. The molecule has 0 fully saturated rings. The van der Waals surface area contributed by atoms with Crippen LogP contribution in [0.25, 0.3) is 0 Å². The molecule has 18 heavy (non-hydrogen) atoms. The van der Waals surface area contributed by atoms with Crippen molar-refractivity contribution in [3.8, 4) is 0 Å². The molecule has 0 heterocycles. The van der Waals surface area contributed by atoms with Crippen LogP contribution in [-0.2, 0) is 4.79 Å². The topological polar surface area (TPSA) is 37.3 Å². The highest BCUT2D eigenvalue weighted by Crippen LogP contribution is 2.11. The van der Waals surface area contributed by atoms with Crippen molar-refractivity contribution in [1.29, 1.82) is 0 Å². The lowest BCUT2D eigenvalue weighted by Crippen LogP contribution is -1.93. The van der Waals surface area contributed by atoms with Gasteiger partial charge in [-0.1, -0.05) is 71.1 Å². The second-order valence-electron chi connectivity index (χ2n) is 4.68. The fourth-order valence-electron chi connectivity index (χ4n) is 1.94. The number of rotatable bonds is 12. The first-order chi connectivity index (χ1) is 7.77. The van der Waals surface area contributed by atoms with Crippen LogP contribution in [0.5, 0.6) is 0 Å². The minimum atomic E-state index is -0.657. The highest BCUT2D eigenvalue weighted by Gasteiger charge is 1.96. The highest BCUT2D eigenvalue weighted by molar-refractivity contribution is 5.76. The lowest BCUT2D eigenvalue weighted by atomic mass is 10.1. The van der Waals surface area contributed by atoms with Gasteiger partial charge in [0.2, 0.25) is 0 Å². The maximum atomic E-state index is 10.3. The fraction of sp³-hybridized carbons (Fsp3) is 0.929. The Morgan fingerprint density at radius 2 is 1.11 bits per heavy atom. The van der Waals surface area contributed by atoms with Gasteiger partial charge >= 0.3 is 29.0 Å². The van der Waals surface area contributed by atoms with Gasteiger partial charge in [0.15, 0.2) is 17.4 Å². The predicted octanol–water partition coefficient (Wildman–Crippen LogP) is 2.67. The summed E-state index contributed by atoms with van der Waals surface area (Å²) >= 11 is 0. The molecule has 0 atom stereocenters. The summed E-state index contributed by atoms with van der Waals surface area (Å²) in [4.78, 5) is 10.3. The first-order valence-electron chi connectivity index (χ1n) is 6.99. The van der Waals surface area contributed by atoms with Gasteiger partial charge in [0, 0.05) is 6.42 Å². The minimum Gasteiger partial charge on any atom is -0.481 e. The van der Waals surface area contributed by atoms with Gasteiger partial charge < -0.3 is 5.11 Å². The molecule has 0 spiro atoms. The van der Waals surface area contributed by atoms with E-state index in [-0.39, 0.29) is 40.4 Å². The van der Waals surface area contributed by atoms with E-state index in [0.29, 0.717) is 6.42 Å². The third-order valence-corrected chi connectivity index (χ3v) is 2.99. The second kappa shape index (κ2) is 20.1. The molecule has 0 rings (SSSR count). The highest BCUT2D eigenvalue weighted by atomic mass is 27.0. The molecule has 2 nitrogen and oxygen atoms in total. The molecule has 0 radical (unpaired) electrons. The Balaban J connectivity index is -0.00000112. The van der Waals surface area contributed by atoms with E-state index in [2.05, 4.69) is 6.92 Å². The molecular formula is C14H33AlMgO2. The molecule has 0 aromatic heterocycles. The van der Waals surface area contributed by atoms with E-state index in [9.17, 15) is 4.79 Å². The molecule has 106 valence electrons. The van der Waals surface area contributed by atoms with E-state index in [0.717, 1.165) is 12.8 Å². The van der Waals surface area contributed by atoms with Crippen LogP contribution in [0.15, 0.2) is 0 Å². The predicted molar refractivity (Wildman–Crippen MR) is 87.2 cm³/mol. The van der Waals surface area contributed by atoms with Crippen LogP contribution in [-0.4, -0.2) is 51.5 Å².